The smallest absolute Gasteiger partial charge is 0.271 e. The van der Waals surface area contributed by atoms with Crippen LogP contribution in [0.2, 0.25) is 0 Å². The van der Waals surface area contributed by atoms with Crippen LogP contribution >= 0.6 is 15.9 Å². The highest BCUT2D eigenvalue weighted by Gasteiger charge is 2.33. The van der Waals surface area contributed by atoms with Crippen molar-refractivity contribution in [2.24, 2.45) is 5.84 Å². The fraction of sp³-hybridized carbons (Fsp3) is 0.455. The van der Waals surface area contributed by atoms with Gasteiger partial charge in [-0.2, -0.15) is 13.2 Å². The highest BCUT2D eigenvalue weighted by molar-refractivity contribution is 9.10. The lowest BCUT2D eigenvalue weighted by Gasteiger charge is -2.18. The summed E-state index contributed by atoms with van der Waals surface area (Å²) in [5.41, 5.74) is 1.80. The Morgan fingerprint density at radius 1 is 1.40 bits per heavy atom. The van der Waals surface area contributed by atoms with Crippen molar-refractivity contribution in [3.05, 3.63) is 33.8 Å². The van der Waals surface area contributed by atoms with Gasteiger partial charge in [0.05, 0.1) is 11.3 Å². The van der Waals surface area contributed by atoms with Gasteiger partial charge in [0.2, 0.25) is 0 Å². The highest BCUT2D eigenvalue weighted by atomic mass is 79.9. The van der Waals surface area contributed by atoms with Crippen molar-refractivity contribution >= 4 is 25.8 Å². The average molecular weight is 375 g/mol. The molecule has 1 aromatic carbocycles. The van der Waals surface area contributed by atoms with E-state index in [0.29, 0.717) is 0 Å². The Kier molecular flexibility index (Phi) is 5.59. The summed E-state index contributed by atoms with van der Waals surface area (Å²) in [6, 6.07) is 3.02. The normalized spacial score (nSPS) is 14.3. The Morgan fingerprint density at radius 3 is 2.45 bits per heavy atom. The topological polar surface area (TPSA) is 72.2 Å². The number of halogens is 4. The summed E-state index contributed by atoms with van der Waals surface area (Å²) in [6.07, 6.45) is -3.34. The van der Waals surface area contributed by atoms with Crippen molar-refractivity contribution in [2.45, 2.75) is 18.6 Å². The molecule has 20 heavy (non-hydrogen) atoms. The number of benzene rings is 1. The maximum atomic E-state index is 12.8. The Labute approximate surface area is 123 Å². The Hall–Kier alpha value is -0.640. The first-order chi connectivity index (χ1) is 9.04. The van der Waals surface area contributed by atoms with Gasteiger partial charge in [0.1, 0.15) is 9.84 Å². The standard InChI is InChI=1S/C11H14BrF3N2O2S/c1-20(18,19)5-4-10(17-16)7-2-3-9(12)8(6-7)11(13,14)15/h2-3,6,10,17H,4-5,16H2,1H3. The van der Waals surface area contributed by atoms with E-state index in [1.165, 1.54) is 12.1 Å². The average Bonchev–Trinajstić information content (AvgIpc) is 2.28. The minimum Gasteiger partial charge on any atom is -0.271 e. The second-order valence-electron chi connectivity index (χ2n) is 4.37. The van der Waals surface area contributed by atoms with Crippen molar-refractivity contribution in [3.8, 4) is 0 Å². The van der Waals surface area contributed by atoms with E-state index >= 15 is 0 Å². The Balaban J connectivity index is 3.05. The maximum absolute atomic E-state index is 12.8. The lowest BCUT2D eigenvalue weighted by molar-refractivity contribution is -0.138. The fourth-order valence-corrected chi connectivity index (χ4v) is 2.79. The van der Waals surface area contributed by atoms with Crippen LogP contribution in [0.5, 0.6) is 0 Å². The largest absolute Gasteiger partial charge is 0.417 e. The van der Waals surface area contributed by atoms with Crippen molar-refractivity contribution in [1.29, 1.82) is 0 Å². The molecule has 0 fully saturated rings. The molecule has 0 radical (unpaired) electrons. The molecule has 114 valence electrons. The van der Waals surface area contributed by atoms with Gasteiger partial charge in [0.15, 0.2) is 0 Å². The van der Waals surface area contributed by atoms with Crippen LogP contribution in [-0.2, 0) is 16.0 Å². The number of alkyl halides is 3. The lowest BCUT2D eigenvalue weighted by atomic mass is 10.0. The third kappa shape index (κ3) is 5.04. The molecule has 0 saturated heterocycles. The number of hydrogen-bond donors (Lipinski definition) is 2. The third-order valence-electron chi connectivity index (χ3n) is 2.68. The molecule has 0 aliphatic rings. The molecule has 3 N–H and O–H groups in total. The zero-order chi connectivity index (χ0) is 15.6. The Morgan fingerprint density at radius 2 is 2.00 bits per heavy atom. The van der Waals surface area contributed by atoms with Crippen molar-refractivity contribution in [2.75, 3.05) is 12.0 Å². The summed E-state index contributed by atoms with van der Waals surface area (Å²) >= 11 is 2.84. The minimum absolute atomic E-state index is 0.0763. The van der Waals surface area contributed by atoms with E-state index in [9.17, 15) is 21.6 Å². The van der Waals surface area contributed by atoms with Gasteiger partial charge in [-0.05, 0) is 24.1 Å². The van der Waals surface area contributed by atoms with Crippen LogP contribution < -0.4 is 11.3 Å². The third-order valence-corrected chi connectivity index (χ3v) is 4.35. The number of nitrogens with two attached hydrogens (primary N) is 1. The maximum Gasteiger partial charge on any atom is 0.417 e. The summed E-state index contributed by atoms with van der Waals surface area (Å²) in [4.78, 5) is 0. The summed E-state index contributed by atoms with van der Waals surface area (Å²) in [7, 11) is -3.21. The van der Waals surface area contributed by atoms with E-state index in [2.05, 4.69) is 21.4 Å². The molecule has 0 bridgehead atoms. The van der Waals surface area contributed by atoms with Crippen LogP contribution in [0.15, 0.2) is 22.7 Å². The summed E-state index contributed by atoms with van der Waals surface area (Å²) in [5.74, 6) is 5.13. The van der Waals surface area contributed by atoms with Gasteiger partial charge in [-0.15, -0.1) is 0 Å². The van der Waals surface area contributed by atoms with Crippen LogP contribution in [0.25, 0.3) is 0 Å². The second-order valence-corrected chi connectivity index (χ2v) is 7.49. The molecule has 1 unspecified atom stereocenters. The number of sulfone groups is 1. The van der Waals surface area contributed by atoms with Gasteiger partial charge in [0.25, 0.3) is 0 Å². The molecular formula is C11H14BrF3N2O2S. The predicted octanol–water partition coefficient (Wildman–Crippen LogP) is 2.41. The first kappa shape index (κ1) is 17.4. The van der Waals surface area contributed by atoms with Crippen molar-refractivity contribution in [1.82, 2.24) is 5.43 Å². The minimum atomic E-state index is -4.50. The van der Waals surface area contributed by atoms with E-state index in [1.54, 1.807) is 0 Å². The summed E-state index contributed by atoms with van der Waals surface area (Å²) in [6.45, 7) is 0. The molecule has 1 rings (SSSR count). The van der Waals surface area contributed by atoms with Crippen LogP contribution in [-0.4, -0.2) is 20.4 Å². The molecule has 1 atom stereocenters. The van der Waals surface area contributed by atoms with E-state index in [4.69, 9.17) is 5.84 Å². The lowest BCUT2D eigenvalue weighted by Crippen LogP contribution is -2.29. The van der Waals surface area contributed by atoms with E-state index in [1.807, 2.05) is 0 Å². The van der Waals surface area contributed by atoms with Crippen LogP contribution in [0.4, 0.5) is 13.2 Å². The van der Waals surface area contributed by atoms with Gasteiger partial charge < -0.3 is 0 Å². The van der Waals surface area contributed by atoms with E-state index in [0.717, 1.165) is 12.3 Å². The molecule has 1 aromatic rings. The van der Waals surface area contributed by atoms with Crippen LogP contribution in [0, 0.1) is 0 Å². The molecule has 0 heterocycles. The quantitative estimate of drug-likeness (QED) is 0.613. The van der Waals surface area contributed by atoms with Crippen molar-refractivity contribution < 1.29 is 21.6 Å². The molecule has 0 aliphatic heterocycles. The van der Waals surface area contributed by atoms with Gasteiger partial charge >= 0.3 is 6.18 Å². The predicted molar refractivity (Wildman–Crippen MR) is 73.5 cm³/mol. The van der Waals surface area contributed by atoms with Gasteiger partial charge in [-0.25, -0.2) is 8.42 Å². The summed E-state index contributed by atoms with van der Waals surface area (Å²) < 4.78 is 60.5. The molecule has 0 spiro atoms. The van der Waals surface area contributed by atoms with Gasteiger partial charge in [-0.1, -0.05) is 22.0 Å². The van der Waals surface area contributed by atoms with Crippen molar-refractivity contribution in [3.63, 3.8) is 0 Å². The molecule has 0 aromatic heterocycles. The number of hydrazine groups is 1. The summed E-state index contributed by atoms with van der Waals surface area (Å²) in [5, 5.41) is 0. The first-order valence-electron chi connectivity index (χ1n) is 5.55. The molecule has 0 saturated carbocycles. The second kappa shape index (κ2) is 6.42. The zero-order valence-corrected chi connectivity index (χ0v) is 12.9. The Bertz CT molecular complexity index is 576. The molecular weight excluding hydrogens is 361 g/mol. The fourth-order valence-electron chi connectivity index (χ4n) is 1.66. The van der Waals surface area contributed by atoms with Gasteiger partial charge in [0, 0.05) is 16.8 Å². The van der Waals surface area contributed by atoms with E-state index in [-0.39, 0.29) is 22.2 Å². The molecule has 9 heteroatoms. The first-order valence-corrected chi connectivity index (χ1v) is 8.40. The molecule has 0 amide bonds. The molecule has 4 nitrogen and oxygen atoms in total. The number of rotatable bonds is 5. The number of hydrogen-bond acceptors (Lipinski definition) is 4. The SMILES string of the molecule is CS(=O)(=O)CCC(NN)c1ccc(Br)c(C(F)(F)F)c1. The molecule has 0 aliphatic carbocycles. The zero-order valence-electron chi connectivity index (χ0n) is 10.5. The van der Waals surface area contributed by atoms with Gasteiger partial charge in [-0.3, -0.25) is 11.3 Å². The van der Waals surface area contributed by atoms with E-state index < -0.39 is 27.6 Å². The van der Waals surface area contributed by atoms with Crippen LogP contribution in [0.3, 0.4) is 0 Å². The monoisotopic (exact) mass is 374 g/mol. The van der Waals surface area contributed by atoms with Crippen LogP contribution in [0.1, 0.15) is 23.6 Å². The number of nitrogens with one attached hydrogen (secondary N) is 1. The highest BCUT2D eigenvalue weighted by Crippen LogP contribution is 2.36.